The Kier molecular flexibility index (Phi) is 9.60. The largest absolute Gasteiger partial charge is 0.433 e. The molecule has 214 valence electrons. The molecular weight excluding hydrogens is 528 g/mol. The second kappa shape index (κ2) is 12.3. The van der Waals surface area contributed by atoms with Crippen LogP contribution in [0.5, 0.6) is 0 Å². The van der Waals surface area contributed by atoms with E-state index in [1.165, 1.54) is 24.1 Å². The minimum absolute atomic E-state index is 0.0215. The van der Waals surface area contributed by atoms with Crippen LogP contribution in [0.4, 0.5) is 5.69 Å². The number of anilines is 1. The average molecular weight is 565 g/mol. The molecule has 0 aromatic heterocycles. The number of cyclic esters (lactones) is 1. The standard InChI is InChI=1S/C27H37ClN4O7/c1-14(2)22(34)29-15-9-10-16(17(28)12-15)23(35)31-21(27(3,4)5)25(37)32-11-7-8-19(32)24(36)30-18-13-20(33)39-26(18)38-6/h9-10,12,14,18-19,21,26H,7-8,11,13H2,1-6H3,(H,29,34)(H,30,36)(H,31,35)/t18-,19-,21+,26+/m0/s1. The number of hydrogen-bond donors (Lipinski definition) is 3. The Labute approximate surface area is 233 Å². The molecule has 2 aliphatic heterocycles. The van der Waals surface area contributed by atoms with E-state index in [1.807, 2.05) is 20.8 Å². The van der Waals surface area contributed by atoms with Gasteiger partial charge in [0.1, 0.15) is 18.1 Å². The van der Waals surface area contributed by atoms with Crippen LogP contribution < -0.4 is 16.0 Å². The number of esters is 1. The van der Waals surface area contributed by atoms with Crippen molar-refractivity contribution in [2.45, 2.75) is 78.3 Å². The molecule has 4 atom stereocenters. The number of hydrogen-bond acceptors (Lipinski definition) is 7. The van der Waals surface area contributed by atoms with Gasteiger partial charge in [0, 0.05) is 25.3 Å². The molecule has 39 heavy (non-hydrogen) atoms. The van der Waals surface area contributed by atoms with Crippen molar-refractivity contribution in [1.29, 1.82) is 0 Å². The summed E-state index contributed by atoms with van der Waals surface area (Å²) in [4.78, 5) is 65.2. The van der Waals surface area contributed by atoms with Gasteiger partial charge in [0.25, 0.3) is 5.91 Å². The Balaban J connectivity index is 1.74. The van der Waals surface area contributed by atoms with Gasteiger partial charge < -0.3 is 30.3 Å². The molecule has 0 unspecified atom stereocenters. The van der Waals surface area contributed by atoms with Crippen LogP contribution in [0.1, 0.15) is 64.2 Å². The van der Waals surface area contributed by atoms with Gasteiger partial charge in [-0.05, 0) is 36.5 Å². The highest BCUT2D eigenvalue weighted by Gasteiger charge is 2.44. The maximum absolute atomic E-state index is 13.8. The van der Waals surface area contributed by atoms with Crippen molar-refractivity contribution in [3.8, 4) is 0 Å². The number of amides is 4. The highest BCUT2D eigenvalue weighted by Crippen LogP contribution is 2.28. The van der Waals surface area contributed by atoms with Crippen LogP contribution in [0.25, 0.3) is 0 Å². The lowest BCUT2D eigenvalue weighted by molar-refractivity contribution is -0.160. The number of methoxy groups -OCH3 is 1. The molecule has 2 fully saturated rings. The van der Waals surface area contributed by atoms with Gasteiger partial charge in [0.15, 0.2) is 0 Å². The maximum Gasteiger partial charge on any atom is 0.310 e. The van der Waals surface area contributed by atoms with E-state index in [2.05, 4.69) is 16.0 Å². The summed E-state index contributed by atoms with van der Waals surface area (Å²) in [6, 6.07) is 2.16. The van der Waals surface area contributed by atoms with Crippen molar-refractivity contribution in [3.63, 3.8) is 0 Å². The first-order valence-corrected chi connectivity index (χ1v) is 13.3. The summed E-state index contributed by atoms with van der Waals surface area (Å²) in [6.07, 6.45) is 0.143. The molecule has 1 aromatic carbocycles. The number of rotatable bonds is 8. The minimum Gasteiger partial charge on any atom is -0.433 e. The Morgan fingerprint density at radius 1 is 1.18 bits per heavy atom. The molecular formula is C27H37ClN4O7. The van der Waals surface area contributed by atoms with Gasteiger partial charge in [-0.3, -0.25) is 24.0 Å². The molecule has 3 N–H and O–H groups in total. The van der Waals surface area contributed by atoms with Crippen LogP contribution in [-0.2, 0) is 28.7 Å². The summed E-state index contributed by atoms with van der Waals surface area (Å²) in [5.41, 5.74) is -0.0934. The van der Waals surface area contributed by atoms with Gasteiger partial charge >= 0.3 is 5.97 Å². The zero-order valence-electron chi connectivity index (χ0n) is 23.1. The summed E-state index contributed by atoms with van der Waals surface area (Å²) < 4.78 is 10.2. The first kappa shape index (κ1) is 30.4. The van der Waals surface area contributed by atoms with Crippen molar-refractivity contribution in [1.82, 2.24) is 15.5 Å². The van der Waals surface area contributed by atoms with Gasteiger partial charge in [0.05, 0.1) is 17.0 Å². The molecule has 3 rings (SSSR count). The molecule has 1 aromatic rings. The molecule has 11 nitrogen and oxygen atoms in total. The normalized spacial score (nSPS) is 21.9. The van der Waals surface area contributed by atoms with Crippen molar-refractivity contribution < 1.29 is 33.4 Å². The summed E-state index contributed by atoms with van der Waals surface area (Å²) >= 11 is 6.37. The fraction of sp³-hybridized carbons (Fsp3) is 0.593. The number of halogens is 1. The van der Waals surface area contributed by atoms with Crippen LogP contribution in [0.3, 0.4) is 0 Å². The number of likely N-dealkylation sites (tertiary alicyclic amines) is 1. The van der Waals surface area contributed by atoms with E-state index in [9.17, 15) is 24.0 Å². The molecule has 12 heteroatoms. The third-order valence-electron chi connectivity index (χ3n) is 6.76. The van der Waals surface area contributed by atoms with Gasteiger partial charge in [-0.2, -0.15) is 0 Å². The lowest BCUT2D eigenvalue weighted by Gasteiger charge is -2.35. The Morgan fingerprint density at radius 2 is 1.87 bits per heavy atom. The first-order valence-electron chi connectivity index (χ1n) is 13.0. The third-order valence-corrected chi connectivity index (χ3v) is 7.07. The van der Waals surface area contributed by atoms with Crippen molar-refractivity contribution >= 4 is 46.9 Å². The predicted molar refractivity (Wildman–Crippen MR) is 144 cm³/mol. The summed E-state index contributed by atoms with van der Waals surface area (Å²) in [5.74, 6) is -2.25. The number of benzene rings is 1. The molecule has 2 aliphatic rings. The smallest absolute Gasteiger partial charge is 0.310 e. The van der Waals surface area contributed by atoms with Crippen LogP contribution >= 0.6 is 11.6 Å². The van der Waals surface area contributed by atoms with Crippen molar-refractivity contribution in [2.24, 2.45) is 11.3 Å². The Hall–Kier alpha value is -3.18. The second-order valence-electron chi connectivity index (χ2n) is 11.2. The van der Waals surface area contributed by atoms with Gasteiger partial charge in [-0.1, -0.05) is 46.2 Å². The zero-order valence-corrected chi connectivity index (χ0v) is 23.9. The number of nitrogens with one attached hydrogen (secondary N) is 3. The molecule has 0 spiro atoms. The SMILES string of the molecule is CO[C@@H]1OC(=O)C[C@@H]1NC(=O)[C@@H]1CCCN1C(=O)[C@@H](NC(=O)c1ccc(NC(=O)C(C)C)cc1Cl)C(C)(C)C. The molecule has 0 bridgehead atoms. The highest BCUT2D eigenvalue weighted by molar-refractivity contribution is 6.34. The monoisotopic (exact) mass is 564 g/mol. The number of carbonyl (C=O) groups excluding carboxylic acids is 5. The van der Waals surface area contributed by atoms with E-state index < -0.39 is 53.5 Å². The fourth-order valence-corrected chi connectivity index (χ4v) is 4.80. The van der Waals surface area contributed by atoms with E-state index in [0.717, 1.165) is 0 Å². The predicted octanol–water partition coefficient (Wildman–Crippen LogP) is 2.47. The fourth-order valence-electron chi connectivity index (χ4n) is 4.54. The molecule has 2 saturated heterocycles. The Morgan fingerprint density at radius 3 is 2.46 bits per heavy atom. The van der Waals surface area contributed by atoms with Crippen LogP contribution in [0, 0.1) is 11.3 Å². The number of carbonyl (C=O) groups is 5. The van der Waals surface area contributed by atoms with Gasteiger partial charge in [-0.25, -0.2) is 0 Å². The summed E-state index contributed by atoms with van der Waals surface area (Å²) in [5, 5.41) is 8.43. The van der Waals surface area contributed by atoms with E-state index in [4.69, 9.17) is 21.1 Å². The van der Waals surface area contributed by atoms with Gasteiger partial charge in [0.2, 0.25) is 24.0 Å². The summed E-state index contributed by atoms with van der Waals surface area (Å²) in [6.45, 7) is 9.32. The van der Waals surface area contributed by atoms with E-state index in [0.29, 0.717) is 25.1 Å². The van der Waals surface area contributed by atoms with Crippen LogP contribution in [0.2, 0.25) is 5.02 Å². The number of nitrogens with zero attached hydrogens (tertiary/aromatic N) is 1. The minimum atomic E-state index is -0.960. The van der Waals surface area contributed by atoms with Crippen LogP contribution in [0.15, 0.2) is 18.2 Å². The summed E-state index contributed by atoms with van der Waals surface area (Å²) in [7, 11) is 1.38. The second-order valence-corrected chi connectivity index (χ2v) is 11.6. The molecule has 0 aliphatic carbocycles. The Bertz CT molecular complexity index is 1130. The lowest BCUT2D eigenvalue weighted by atomic mass is 9.85. The first-order chi connectivity index (χ1) is 18.2. The highest BCUT2D eigenvalue weighted by atomic mass is 35.5. The zero-order chi connectivity index (χ0) is 29.1. The van der Waals surface area contributed by atoms with E-state index in [1.54, 1.807) is 19.9 Å². The molecule has 0 radical (unpaired) electrons. The third kappa shape index (κ3) is 7.27. The lowest BCUT2D eigenvalue weighted by Crippen LogP contribution is -2.58. The maximum atomic E-state index is 13.8. The average Bonchev–Trinajstić information content (AvgIpc) is 3.47. The molecule has 2 heterocycles. The van der Waals surface area contributed by atoms with E-state index in [-0.39, 0.29) is 28.8 Å². The molecule has 0 saturated carbocycles. The number of ether oxygens (including phenoxy) is 2. The van der Waals surface area contributed by atoms with Crippen molar-refractivity contribution in [3.05, 3.63) is 28.8 Å². The van der Waals surface area contributed by atoms with E-state index >= 15 is 0 Å². The van der Waals surface area contributed by atoms with Crippen molar-refractivity contribution in [2.75, 3.05) is 19.0 Å². The topological polar surface area (TPSA) is 143 Å². The van der Waals surface area contributed by atoms with Crippen LogP contribution in [-0.4, -0.2) is 72.6 Å². The van der Waals surface area contributed by atoms with Gasteiger partial charge in [-0.15, -0.1) is 0 Å². The quantitative estimate of drug-likeness (QED) is 0.412. The molecule has 4 amide bonds.